The highest BCUT2D eigenvalue weighted by molar-refractivity contribution is 4.86. The summed E-state index contributed by atoms with van der Waals surface area (Å²) in [6.45, 7) is 4.87. The molecule has 12 heavy (non-hydrogen) atoms. The normalized spacial score (nSPS) is 28.8. The van der Waals surface area contributed by atoms with Crippen molar-refractivity contribution < 1.29 is 0 Å². The van der Waals surface area contributed by atoms with E-state index in [1.165, 1.54) is 39.0 Å². The van der Waals surface area contributed by atoms with Gasteiger partial charge in [-0.3, -0.25) is 0 Å². The molecule has 0 saturated carbocycles. The van der Waals surface area contributed by atoms with Crippen LogP contribution in [0.5, 0.6) is 0 Å². The van der Waals surface area contributed by atoms with Crippen molar-refractivity contribution >= 4 is 0 Å². The third kappa shape index (κ3) is 1.97. The Morgan fingerprint density at radius 1 is 1.17 bits per heavy atom. The van der Waals surface area contributed by atoms with E-state index in [0.717, 1.165) is 12.1 Å². The van der Waals surface area contributed by atoms with Gasteiger partial charge in [-0.05, 0) is 33.0 Å². The van der Waals surface area contributed by atoms with Crippen molar-refractivity contribution in [1.29, 1.82) is 0 Å². The largest absolute Gasteiger partial charge is 0.314 e. The molecule has 0 aliphatic carbocycles. The lowest BCUT2D eigenvalue weighted by atomic mass is 10.0. The van der Waals surface area contributed by atoms with E-state index < -0.39 is 0 Å². The van der Waals surface area contributed by atoms with Gasteiger partial charge in [0.2, 0.25) is 0 Å². The third-order valence-corrected chi connectivity index (χ3v) is 2.97. The Kier molecular flexibility index (Phi) is 2.63. The predicted octanol–water partition coefficient (Wildman–Crippen LogP) is -0.358. The average molecular weight is 169 g/mol. The Hall–Kier alpha value is -0.120. The van der Waals surface area contributed by atoms with Crippen LogP contribution in [0, 0.1) is 0 Å². The summed E-state index contributed by atoms with van der Waals surface area (Å²) in [5.41, 5.74) is 0. The van der Waals surface area contributed by atoms with Gasteiger partial charge >= 0.3 is 0 Å². The zero-order valence-corrected chi connectivity index (χ0v) is 7.84. The van der Waals surface area contributed by atoms with Gasteiger partial charge in [-0.2, -0.15) is 0 Å². The summed E-state index contributed by atoms with van der Waals surface area (Å²) in [6, 6.07) is 1.55. The van der Waals surface area contributed by atoms with Crippen molar-refractivity contribution in [2.24, 2.45) is 0 Å². The summed E-state index contributed by atoms with van der Waals surface area (Å²) in [4.78, 5) is 2.41. The molecule has 2 fully saturated rings. The van der Waals surface area contributed by atoms with Gasteiger partial charge < -0.3 is 15.5 Å². The number of nitrogens with zero attached hydrogens (tertiary/aromatic N) is 1. The monoisotopic (exact) mass is 169 g/mol. The minimum atomic E-state index is 0.762. The average Bonchev–Trinajstić information content (AvgIpc) is 2.00. The molecular weight excluding hydrogens is 150 g/mol. The van der Waals surface area contributed by atoms with Crippen molar-refractivity contribution in [3.63, 3.8) is 0 Å². The highest BCUT2D eigenvalue weighted by Crippen LogP contribution is 2.09. The molecule has 3 heteroatoms. The maximum absolute atomic E-state index is 3.69. The highest BCUT2D eigenvalue weighted by Gasteiger charge is 2.22. The highest BCUT2D eigenvalue weighted by atomic mass is 15.1. The number of likely N-dealkylation sites (tertiary alicyclic amines) is 1. The van der Waals surface area contributed by atoms with Crippen molar-refractivity contribution in [3.8, 4) is 0 Å². The molecule has 3 nitrogen and oxygen atoms in total. The van der Waals surface area contributed by atoms with Crippen LogP contribution in [-0.4, -0.2) is 50.2 Å². The molecular formula is C9H19N3. The van der Waals surface area contributed by atoms with Crippen LogP contribution in [0.1, 0.15) is 12.8 Å². The molecule has 0 aromatic heterocycles. The summed E-state index contributed by atoms with van der Waals surface area (Å²) in [5, 5.41) is 6.97. The molecule has 0 atom stereocenters. The van der Waals surface area contributed by atoms with E-state index in [1.54, 1.807) is 0 Å². The van der Waals surface area contributed by atoms with E-state index in [0.29, 0.717) is 0 Å². The minimum absolute atomic E-state index is 0.762. The molecule has 0 spiro atoms. The van der Waals surface area contributed by atoms with Crippen LogP contribution in [0.15, 0.2) is 0 Å². The number of hydrogen-bond donors (Lipinski definition) is 2. The first kappa shape index (κ1) is 8.48. The Morgan fingerprint density at radius 3 is 2.33 bits per heavy atom. The molecule has 0 aromatic rings. The number of nitrogens with one attached hydrogen (secondary N) is 2. The van der Waals surface area contributed by atoms with Gasteiger partial charge in [-0.25, -0.2) is 0 Å². The fourth-order valence-corrected chi connectivity index (χ4v) is 1.92. The molecule has 2 rings (SSSR count). The fourth-order valence-electron chi connectivity index (χ4n) is 1.92. The molecule has 0 radical (unpaired) electrons. The first-order chi connectivity index (χ1) is 5.84. The summed E-state index contributed by atoms with van der Waals surface area (Å²) in [6.07, 6.45) is 2.65. The summed E-state index contributed by atoms with van der Waals surface area (Å²) in [7, 11) is 2.21. The number of hydrogen-bond acceptors (Lipinski definition) is 3. The summed E-state index contributed by atoms with van der Waals surface area (Å²) in [5.74, 6) is 0. The Labute approximate surface area is 74.5 Å². The van der Waals surface area contributed by atoms with Gasteiger partial charge in [0.25, 0.3) is 0 Å². The van der Waals surface area contributed by atoms with Crippen molar-refractivity contribution in [2.75, 3.05) is 33.2 Å². The molecule has 2 saturated heterocycles. The van der Waals surface area contributed by atoms with E-state index in [1.807, 2.05) is 0 Å². The smallest absolute Gasteiger partial charge is 0.0319 e. The molecule has 2 N–H and O–H groups in total. The number of piperidine rings is 1. The lowest BCUT2D eigenvalue weighted by molar-refractivity contribution is 0.210. The van der Waals surface area contributed by atoms with Gasteiger partial charge in [0.1, 0.15) is 0 Å². The topological polar surface area (TPSA) is 27.3 Å². The Balaban J connectivity index is 1.67. The van der Waals surface area contributed by atoms with Crippen LogP contribution >= 0.6 is 0 Å². The van der Waals surface area contributed by atoms with Gasteiger partial charge in [-0.1, -0.05) is 0 Å². The Bertz CT molecular complexity index is 137. The number of rotatable bonds is 2. The zero-order valence-electron chi connectivity index (χ0n) is 7.84. The standard InChI is InChI=1S/C9H19N3/c1-12-4-2-8(3-5-12)11-9-6-10-7-9/h8-11H,2-7H2,1H3. The molecule has 2 aliphatic rings. The van der Waals surface area contributed by atoms with E-state index in [9.17, 15) is 0 Å². The van der Waals surface area contributed by atoms with Crippen LogP contribution in [-0.2, 0) is 0 Å². The van der Waals surface area contributed by atoms with Crippen LogP contribution in [0.2, 0.25) is 0 Å². The van der Waals surface area contributed by atoms with E-state index in [4.69, 9.17) is 0 Å². The second-order valence-corrected chi connectivity index (χ2v) is 4.10. The first-order valence-corrected chi connectivity index (χ1v) is 5.00. The molecule has 70 valence electrons. The van der Waals surface area contributed by atoms with Gasteiger partial charge in [-0.15, -0.1) is 0 Å². The van der Waals surface area contributed by atoms with Gasteiger partial charge in [0.15, 0.2) is 0 Å². The Morgan fingerprint density at radius 2 is 1.83 bits per heavy atom. The molecule has 0 unspecified atom stereocenters. The van der Waals surface area contributed by atoms with Gasteiger partial charge in [0.05, 0.1) is 0 Å². The quantitative estimate of drug-likeness (QED) is 0.591. The molecule has 0 aromatic carbocycles. The SMILES string of the molecule is CN1CCC(NC2CNC2)CC1. The van der Waals surface area contributed by atoms with Crippen molar-refractivity contribution in [3.05, 3.63) is 0 Å². The lowest BCUT2D eigenvalue weighted by Gasteiger charge is -2.36. The zero-order chi connectivity index (χ0) is 8.39. The maximum atomic E-state index is 3.69. The first-order valence-electron chi connectivity index (χ1n) is 5.00. The predicted molar refractivity (Wildman–Crippen MR) is 50.3 cm³/mol. The van der Waals surface area contributed by atoms with Crippen molar-refractivity contribution in [2.45, 2.75) is 24.9 Å². The molecule has 0 bridgehead atoms. The fraction of sp³-hybridized carbons (Fsp3) is 1.00. The maximum Gasteiger partial charge on any atom is 0.0319 e. The lowest BCUT2D eigenvalue weighted by Crippen LogP contribution is -2.59. The van der Waals surface area contributed by atoms with Crippen LogP contribution in [0.4, 0.5) is 0 Å². The van der Waals surface area contributed by atoms with Crippen molar-refractivity contribution in [1.82, 2.24) is 15.5 Å². The summed E-state index contributed by atoms with van der Waals surface area (Å²) < 4.78 is 0. The minimum Gasteiger partial charge on any atom is -0.314 e. The van der Waals surface area contributed by atoms with Gasteiger partial charge in [0, 0.05) is 25.2 Å². The molecule has 0 amide bonds. The van der Waals surface area contributed by atoms with E-state index >= 15 is 0 Å². The third-order valence-electron chi connectivity index (χ3n) is 2.97. The summed E-state index contributed by atoms with van der Waals surface area (Å²) >= 11 is 0. The van der Waals surface area contributed by atoms with Crippen LogP contribution < -0.4 is 10.6 Å². The van der Waals surface area contributed by atoms with E-state index in [2.05, 4.69) is 22.6 Å². The van der Waals surface area contributed by atoms with E-state index in [-0.39, 0.29) is 0 Å². The van der Waals surface area contributed by atoms with Crippen LogP contribution in [0.25, 0.3) is 0 Å². The molecule has 2 aliphatic heterocycles. The van der Waals surface area contributed by atoms with Crippen LogP contribution in [0.3, 0.4) is 0 Å². The second-order valence-electron chi connectivity index (χ2n) is 4.10. The molecule has 2 heterocycles. The second kappa shape index (κ2) is 3.73.